The lowest BCUT2D eigenvalue weighted by atomic mass is 10.1. The first-order valence-corrected chi connectivity index (χ1v) is 11.2. The van der Waals surface area contributed by atoms with Gasteiger partial charge in [0, 0.05) is 28.7 Å². The van der Waals surface area contributed by atoms with E-state index in [0.29, 0.717) is 22.3 Å². The Morgan fingerprint density at radius 1 is 1.03 bits per heavy atom. The van der Waals surface area contributed by atoms with E-state index in [1.807, 2.05) is 12.1 Å². The molecule has 0 saturated heterocycles. The minimum Gasteiger partial charge on any atom is -0.338 e. The molecule has 8 nitrogen and oxygen atoms in total. The number of rotatable bonds is 7. The third kappa shape index (κ3) is 4.90. The highest BCUT2D eigenvalue weighted by atomic mass is 35.5. The molecule has 2 amide bonds. The van der Waals surface area contributed by atoms with Crippen molar-refractivity contribution in [3.05, 3.63) is 75.8 Å². The van der Waals surface area contributed by atoms with Crippen LogP contribution in [-0.4, -0.2) is 26.2 Å². The van der Waals surface area contributed by atoms with Crippen molar-refractivity contribution in [3.8, 4) is 0 Å². The molecule has 4 aromatic rings. The lowest BCUT2D eigenvalue weighted by Gasteiger charge is -2.12. The number of nitrogens with one attached hydrogen (secondary N) is 2. The number of hydrogen-bond donors (Lipinski definition) is 2. The van der Waals surface area contributed by atoms with E-state index in [9.17, 15) is 14.4 Å². The SMILES string of the molecule is CCCCCn1nc(C(=O)NNC(=O)Cn2ccc3ccc(Cl)cc32)c2ccccc2c1=O. The van der Waals surface area contributed by atoms with E-state index in [4.69, 9.17) is 11.6 Å². The summed E-state index contributed by atoms with van der Waals surface area (Å²) in [5.41, 5.74) is 5.51. The molecule has 2 heterocycles. The van der Waals surface area contributed by atoms with Crippen LogP contribution in [0.4, 0.5) is 0 Å². The van der Waals surface area contributed by atoms with Crippen molar-refractivity contribution in [1.82, 2.24) is 25.2 Å². The minimum absolute atomic E-state index is 0.00514. The predicted molar refractivity (Wildman–Crippen MR) is 128 cm³/mol. The van der Waals surface area contributed by atoms with Crippen LogP contribution in [0, 0.1) is 0 Å². The highest BCUT2D eigenvalue weighted by Crippen LogP contribution is 2.20. The zero-order valence-corrected chi connectivity index (χ0v) is 18.9. The van der Waals surface area contributed by atoms with Crippen molar-refractivity contribution >= 4 is 45.1 Å². The van der Waals surface area contributed by atoms with Gasteiger partial charge in [-0.2, -0.15) is 5.10 Å². The number of benzene rings is 2. The summed E-state index contributed by atoms with van der Waals surface area (Å²) in [6, 6.07) is 14.2. The first-order chi connectivity index (χ1) is 16.0. The molecule has 0 aliphatic heterocycles. The van der Waals surface area contributed by atoms with E-state index in [-0.39, 0.29) is 17.8 Å². The van der Waals surface area contributed by atoms with Gasteiger partial charge >= 0.3 is 0 Å². The fourth-order valence-corrected chi connectivity index (χ4v) is 3.91. The minimum atomic E-state index is -0.593. The molecule has 0 radical (unpaired) electrons. The molecule has 0 spiro atoms. The maximum atomic E-state index is 12.9. The van der Waals surface area contributed by atoms with Crippen LogP contribution in [0.15, 0.2) is 59.5 Å². The number of aryl methyl sites for hydroxylation is 1. The molecule has 170 valence electrons. The average Bonchev–Trinajstić information content (AvgIpc) is 3.20. The standard InChI is InChI=1S/C24H24ClN5O3/c1-2-3-6-12-30-24(33)19-8-5-4-7-18(19)22(28-30)23(32)27-26-21(31)15-29-13-11-16-9-10-17(25)14-20(16)29/h4-5,7-11,13-14H,2-3,6,12,15H2,1H3,(H,26,31)(H,27,32). The number of amides is 2. The fraction of sp³-hybridized carbons (Fsp3) is 0.250. The van der Waals surface area contributed by atoms with Crippen LogP contribution in [0.5, 0.6) is 0 Å². The molecule has 2 N–H and O–H groups in total. The number of nitrogens with zero attached hydrogens (tertiary/aromatic N) is 3. The van der Waals surface area contributed by atoms with E-state index in [1.165, 1.54) is 4.68 Å². The zero-order chi connectivity index (χ0) is 23.4. The number of unbranched alkanes of at least 4 members (excludes halogenated alkanes) is 2. The molecular weight excluding hydrogens is 442 g/mol. The van der Waals surface area contributed by atoms with E-state index < -0.39 is 11.8 Å². The number of carbonyl (C=O) groups excluding carboxylic acids is 2. The van der Waals surface area contributed by atoms with E-state index in [1.54, 1.807) is 47.2 Å². The Hall–Kier alpha value is -3.65. The molecule has 0 aliphatic carbocycles. The van der Waals surface area contributed by atoms with Crippen molar-refractivity contribution in [3.63, 3.8) is 0 Å². The molecule has 0 bridgehead atoms. The predicted octanol–water partition coefficient (Wildman–Crippen LogP) is 3.66. The number of carbonyl (C=O) groups is 2. The van der Waals surface area contributed by atoms with Crippen LogP contribution in [0.3, 0.4) is 0 Å². The molecule has 0 unspecified atom stereocenters. The number of halogens is 1. The topological polar surface area (TPSA) is 98.0 Å². The molecule has 0 saturated carbocycles. The van der Waals surface area contributed by atoms with Gasteiger partial charge in [-0.15, -0.1) is 0 Å². The maximum absolute atomic E-state index is 12.9. The molecular formula is C24H24ClN5O3. The Balaban J connectivity index is 1.51. The Bertz CT molecular complexity index is 1390. The summed E-state index contributed by atoms with van der Waals surface area (Å²) >= 11 is 6.06. The van der Waals surface area contributed by atoms with Gasteiger partial charge in [0.25, 0.3) is 17.4 Å². The van der Waals surface area contributed by atoms with Crippen LogP contribution in [0.1, 0.15) is 36.7 Å². The van der Waals surface area contributed by atoms with Crippen LogP contribution >= 0.6 is 11.6 Å². The number of hydrazine groups is 1. The highest BCUT2D eigenvalue weighted by molar-refractivity contribution is 6.31. The second-order valence-electron chi connectivity index (χ2n) is 7.78. The third-order valence-corrected chi connectivity index (χ3v) is 5.66. The first kappa shape index (κ1) is 22.5. The Morgan fingerprint density at radius 2 is 1.82 bits per heavy atom. The second kappa shape index (κ2) is 9.87. The number of fused-ring (bicyclic) bond motifs is 2. The summed E-state index contributed by atoms with van der Waals surface area (Å²) in [7, 11) is 0. The summed E-state index contributed by atoms with van der Waals surface area (Å²) in [5, 5.41) is 6.68. The maximum Gasteiger partial charge on any atom is 0.290 e. The third-order valence-electron chi connectivity index (χ3n) is 5.42. The average molecular weight is 466 g/mol. The summed E-state index contributed by atoms with van der Waals surface area (Å²) in [6.45, 7) is 2.49. The zero-order valence-electron chi connectivity index (χ0n) is 18.2. The van der Waals surface area contributed by atoms with E-state index >= 15 is 0 Å². The van der Waals surface area contributed by atoms with Crippen LogP contribution in [0.25, 0.3) is 21.7 Å². The van der Waals surface area contributed by atoms with Gasteiger partial charge in [-0.3, -0.25) is 25.2 Å². The molecule has 0 fully saturated rings. The lowest BCUT2D eigenvalue weighted by molar-refractivity contribution is -0.122. The van der Waals surface area contributed by atoms with E-state index in [0.717, 1.165) is 30.2 Å². The van der Waals surface area contributed by atoms with Gasteiger partial charge in [-0.25, -0.2) is 4.68 Å². The molecule has 33 heavy (non-hydrogen) atoms. The molecule has 0 atom stereocenters. The molecule has 2 aromatic carbocycles. The van der Waals surface area contributed by atoms with Gasteiger partial charge in [0.2, 0.25) is 0 Å². The molecule has 9 heteroatoms. The monoisotopic (exact) mass is 465 g/mol. The Kier molecular flexibility index (Phi) is 6.74. The number of aromatic nitrogens is 3. The van der Waals surface area contributed by atoms with Crippen molar-refractivity contribution in [2.24, 2.45) is 0 Å². The van der Waals surface area contributed by atoms with Crippen molar-refractivity contribution in [2.75, 3.05) is 0 Å². The fourth-order valence-electron chi connectivity index (χ4n) is 3.74. The molecule has 0 aliphatic rings. The van der Waals surface area contributed by atoms with E-state index in [2.05, 4.69) is 22.9 Å². The van der Waals surface area contributed by atoms with Crippen molar-refractivity contribution < 1.29 is 9.59 Å². The summed E-state index contributed by atoms with van der Waals surface area (Å²) in [4.78, 5) is 38.1. The first-order valence-electron chi connectivity index (χ1n) is 10.8. The van der Waals surface area contributed by atoms with Gasteiger partial charge in [-0.05, 0) is 36.1 Å². The smallest absolute Gasteiger partial charge is 0.290 e. The van der Waals surface area contributed by atoms with Crippen molar-refractivity contribution in [1.29, 1.82) is 0 Å². The molecule has 2 aromatic heterocycles. The van der Waals surface area contributed by atoms with Gasteiger partial charge in [-0.1, -0.05) is 55.6 Å². The lowest BCUT2D eigenvalue weighted by Crippen LogP contribution is -2.44. The van der Waals surface area contributed by atoms with Gasteiger partial charge < -0.3 is 4.57 Å². The largest absolute Gasteiger partial charge is 0.338 e. The summed E-state index contributed by atoms with van der Waals surface area (Å²) in [6.07, 6.45) is 4.53. The normalized spacial score (nSPS) is 11.1. The van der Waals surface area contributed by atoms with Gasteiger partial charge in [0.15, 0.2) is 5.69 Å². The van der Waals surface area contributed by atoms with Crippen LogP contribution < -0.4 is 16.4 Å². The quantitative estimate of drug-likeness (QED) is 0.321. The Labute approximate surface area is 195 Å². The molecule has 4 rings (SSSR count). The van der Waals surface area contributed by atoms with Gasteiger partial charge in [0.05, 0.1) is 5.39 Å². The highest BCUT2D eigenvalue weighted by Gasteiger charge is 2.17. The second-order valence-corrected chi connectivity index (χ2v) is 8.22. The van der Waals surface area contributed by atoms with Gasteiger partial charge in [0.1, 0.15) is 6.54 Å². The summed E-state index contributed by atoms with van der Waals surface area (Å²) in [5.74, 6) is -1.01. The number of hydrogen-bond acceptors (Lipinski definition) is 4. The summed E-state index contributed by atoms with van der Waals surface area (Å²) < 4.78 is 3.06. The van der Waals surface area contributed by atoms with Crippen LogP contribution in [-0.2, 0) is 17.9 Å². The van der Waals surface area contributed by atoms with Crippen LogP contribution in [0.2, 0.25) is 5.02 Å². The Morgan fingerprint density at radius 3 is 2.61 bits per heavy atom. The van der Waals surface area contributed by atoms with Crippen molar-refractivity contribution in [2.45, 2.75) is 39.3 Å².